The molecule has 0 unspecified atom stereocenters. The fourth-order valence-electron chi connectivity index (χ4n) is 0.0805. The SMILES string of the molecule is [CH2-]C(=O)C[C-]=O.[W].[Y]. The molecule has 0 fully saturated rings. The van der Waals surface area contributed by atoms with Gasteiger partial charge in [0.15, 0.2) is 0 Å². The number of carbonyl (C=O) groups is 1. The first-order chi connectivity index (χ1) is 2.77. The molecule has 8 heavy (non-hydrogen) atoms. The summed E-state index contributed by atoms with van der Waals surface area (Å²) in [5.41, 5.74) is 0. The second-order valence-electron chi connectivity index (χ2n) is 0.860. The second kappa shape index (κ2) is 10.9. The first-order valence-electron chi connectivity index (χ1n) is 1.47. The van der Waals surface area contributed by atoms with Crippen molar-refractivity contribution < 1.29 is 63.4 Å². The topological polar surface area (TPSA) is 34.1 Å². The van der Waals surface area contributed by atoms with Crippen molar-refractivity contribution in [2.24, 2.45) is 0 Å². The Labute approximate surface area is 87.9 Å². The summed E-state index contributed by atoms with van der Waals surface area (Å²) in [7, 11) is 0. The monoisotopic (exact) mass is 357 g/mol. The molecule has 1 radical (unpaired) electrons. The second-order valence-corrected chi connectivity index (χ2v) is 0.860. The summed E-state index contributed by atoms with van der Waals surface area (Å²) < 4.78 is 0. The van der Waals surface area contributed by atoms with Crippen LogP contribution in [0, 0.1) is 6.92 Å². The van der Waals surface area contributed by atoms with Crippen LogP contribution in [0.15, 0.2) is 0 Å². The van der Waals surface area contributed by atoms with Gasteiger partial charge in [0.25, 0.3) is 0 Å². The molecular formula is C4H4O2WY-2. The molecule has 0 aliphatic carbocycles. The molecule has 43 valence electrons. The maximum absolute atomic E-state index is 9.67. The number of hydrogen-bond acceptors (Lipinski definition) is 2. The first-order valence-corrected chi connectivity index (χ1v) is 1.47. The summed E-state index contributed by atoms with van der Waals surface area (Å²) in [5, 5.41) is 0. The maximum Gasteiger partial charge on any atom is 0 e. The van der Waals surface area contributed by atoms with E-state index < -0.39 is 0 Å². The molecule has 0 amide bonds. The van der Waals surface area contributed by atoms with Crippen LogP contribution in [0.2, 0.25) is 0 Å². The van der Waals surface area contributed by atoms with Gasteiger partial charge in [0.2, 0.25) is 0 Å². The smallest absolute Gasteiger partial charge is 0 e. The molecular weight excluding hydrogens is 353 g/mol. The summed E-state index contributed by atoms with van der Waals surface area (Å²) in [6.07, 6.45) is 1.22. The van der Waals surface area contributed by atoms with Gasteiger partial charge in [-0.25, -0.2) is 0 Å². The summed E-state index contributed by atoms with van der Waals surface area (Å²) in [5.74, 6) is -0.384. The van der Waals surface area contributed by atoms with E-state index in [2.05, 4.69) is 6.92 Å². The third kappa shape index (κ3) is 15.7. The third-order valence-corrected chi connectivity index (χ3v) is 0.269. The minimum Gasteiger partial charge on any atom is -0.541 e. The molecule has 0 atom stereocenters. The number of hydrogen-bond donors (Lipinski definition) is 0. The minimum atomic E-state index is -0.384. The molecule has 0 saturated heterocycles. The van der Waals surface area contributed by atoms with Crippen LogP contribution in [0.3, 0.4) is 0 Å². The van der Waals surface area contributed by atoms with E-state index in [-0.39, 0.29) is 66.0 Å². The zero-order chi connectivity index (χ0) is 4.99. The van der Waals surface area contributed by atoms with Crippen molar-refractivity contribution in [1.29, 1.82) is 0 Å². The average molecular weight is 357 g/mol. The van der Waals surface area contributed by atoms with E-state index in [1.807, 2.05) is 0 Å². The van der Waals surface area contributed by atoms with E-state index in [4.69, 9.17) is 0 Å². The molecule has 0 spiro atoms. The Kier molecular flexibility index (Phi) is 21.8. The number of Topliss-reactive ketones (excluding diaryl/α,β-unsaturated/α-hetero) is 1. The van der Waals surface area contributed by atoms with Crippen molar-refractivity contribution in [2.75, 3.05) is 0 Å². The van der Waals surface area contributed by atoms with Crippen LogP contribution in [0.5, 0.6) is 0 Å². The Balaban J connectivity index is -0.000000125. The van der Waals surface area contributed by atoms with Gasteiger partial charge in [-0.2, -0.15) is 0 Å². The summed E-state index contributed by atoms with van der Waals surface area (Å²) in [4.78, 5) is 18.9. The van der Waals surface area contributed by atoms with Gasteiger partial charge in [-0.15, -0.1) is 6.42 Å². The number of ketones is 1. The first kappa shape index (κ1) is 16.0. The van der Waals surface area contributed by atoms with Crippen LogP contribution in [0.25, 0.3) is 0 Å². The number of rotatable bonds is 2. The predicted octanol–water partition coefficient (Wildman–Crippen LogP) is -0.116. The molecule has 0 bridgehead atoms. The molecule has 0 aromatic carbocycles. The standard InChI is InChI=1S/C4H4O2.W.Y/c1-4(6)2-3-5;;/h1-2H2;;/q-2;;. The van der Waals surface area contributed by atoms with Gasteiger partial charge in [0.1, 0.15) is 0 Å². The molecule has 0 aliphatic heterocycles. The van der Waals surface area contributed by atoms with Crippen molar-refractivity contribution in [1.82, 2.24) is 0 Å². The van der Waals surface area contributed by atoms with Crippen molar-refractivity contribution >= 4 is 12.1 Å². The van der Waals surface area contributed by atoms with Crippen molar-refractivity contribution in [3.8, 4) is 0 Å². The average Bonchev–Trinajstić information content (AvgIpc) is 1.35. The summed E-state index contributed by atoms with van der Waals surface area (Å²) >= 11 is 0. The Morgan fingerprint density at radius 1 is 1.62 bits per heavy atom. The van der Waals surface area contributed by atoms with Crippen molar-refractivity contribution in [3.63, 3.8) is 0 Å². The van der Waals surface area contributed by atoms with E-state index in [1.165, 1.54) is 6.29 Å². The third-order valence-electron chi connectivity index (χ3n) is 0.269. The zero-order valence-corrected chi connectivity index (χ0v) is 9.99. The molecule has 0 aliphatic rings. The molecule has 0 saturated carbocycles. The fourth-order valence-corrected chi connectivity index (χ4v) is 0.0805. The molecule has 0 aromatic heterocycles. The van der Waals surface area contributed by atoms with E-state index in [0.717, 1.165) is 0 Å². The maximum atomic E-state index is 9.67. The van der Waals surface area contributed by atoms with Gasteiger partial charge in [0, 0.05) is 53.8 Å². The van der Waals surface area contributed by atoms with Gasteiger partial charge in [-0.1, -0.05) is 0 Å². The normalized spacial score (nSPS) is 5.50. The van der Waals surface area contributed by atoms with Crippen LogP contribution in [0.4, 0.5) is 0 Å². The van der Waals surface area contributed by atoms with Crippen molar-refractivity contribution in [2.45, 2.75) is 6.42 Å². The van der Waals surface area contributed by atoms with Gasteiger partial charge < -0.3 is 16.5 Å². The Bertz CT molecular complexity index is 74.4. The van der Waals surface area contributed by atoms with E-state index in [9.17, 15) is 9.59 Å². The van der Waals surface area contributed by atoms with Crippen molar-refractivity contribution in [3.05, 3.63) is 6.92 Å². The Morgan fingerprint density at radius 3 is 2.00 bits per heavy atom. The van der Waals surface area contributed by atoms with Crippen LogP contribution < -0.4 is 0 Å². The van der Waals surface area contributed by atoms with E-state index in [0.29, 0.717) is 0 Å². The molecule has 0 aromatic rings. The largest absolute Gasteiger partial charge is 0.541 e. The van der Waals surface area contributed by atoms with Gasteiger partial charge in [-0.3, -0.25) is 6.29 Å². The minimum absolute atomic E-state index is 0. The van der Waals surface area contributed by atoms with Crippen LogP contribution in [-0.2, 0) is 63.4 Å². The Morgan fingerprint density at radius 2 is 2.00 bits per heavy atom. The molecule has 0 N–H and O–H groups in total. The molecule has 0 heterocycles. The van der Waals surface area contributed by atoms with Gasteiger partial charge in [0.05, 0.1) is 0 Å². The molecule has 0 rings (SSSR count). The summed E-state index contributed by atoms with van der Waals surface area (Å²) in [6, 6.07) is 0. The van der Waals surface area contributed by atoms with E-state index in [1.54, 1.807) is 0 Å². The zero-order valence-electron chi connectivity index (χ0n) is 4.22. The number of carbonyl (C=O) groups excluding carboxylic acids is 2. The van der Waals surface area contributed by atoms with E-state index >= 15 is 0 Å². The molecule has 4 heteroatoms. The van der Waals surface area contributed by atoms with Crippen LogP contribution in [0.1, 0.15) is 6.42 Å². The van der Waals surface area contributed by atoms with Crippen LogP contribution >= 0.6 is 0 Å². The predicted molar refractivity (Wildman–Crippen MR) is 20.7 cm³/mol. The van der Waals surface area contributed by atoms with Gasteiger partial charge >= 0.3 is 0 Å². The van der Waals surface area contributed by atoms with Gasteiger partial charge in [-0.05, 0) is 5.78 Å². The molecule has 2 nitrogen and oxygen atoms in total. The fraction of sp³-hybridized carbons (Fsp3) is 0.250. The summed E-state index contributed by atoms with van der Waals surface area (Å²) in [6.45, 7) is 2.93. The quantitative estimate of drug-likeness (QED) is 0.511. The Hall–Kier alpha value is 1.00. The van der Waals surface area contributed by atoms with Crippen LogP contribution in [-0.4, -0.2) is 12.1 Å².